The molecule has 1 aromatic carbocycles. The highest BCUT2D eigenvalue weighted by molar-refractivity contribution is 6.30. The Labute approximate surface area is 106 Å². The number of rotatable bonds is 2. The van der Waals surface area contributed by atoms with Gasteiger partial charge in [0.15, 0.2) is 0 Å². The highest BCUT2D eigenvalue weighted by Crippen LogP contribution is 2.31. The number of hydrogen-bond acceptors (Lipinski definition) is 2. The first-order valence-corrected chi connectivity index (χ1v) is 5.91. The molecular formula is C13H16ClN3. The van der Waals surface area contributed by atoms with Gasteiger partial charge in [0, 0.05) is 29.9 Å². The van der Waals surface area contributed by atoms with Crippen LogP contribution in [0, 0.1) is 13.8 Å². The van der Waals surface area contributed by atoms with Crippen LogP contribution in [0.3, 0.4) is 0 Å². The minimum Gasteiger partial charge on any atom is -0.326 e. The lowest BCUT2D eigenvalue weighted by molar-refractivity contribution is 0.731. The van der Waals surface area contributed by atoms with E-state index in [0.717, 1.165) is 28.1 Å². The van der Waals surface area contributed by atoms with Crippen LogP contribution in [0.15, 0.2) is 18.2 Å². The molecule has 0 unspecified atom stereocenters. The van der Waals surface area contributed by atoms with Crippen molar-refractivity contribution in [3.05, 3.63) is 40.2 Å². The summed E-state index contributed by atoms with van der Waals surface area (Å²) in [5.41, 5.74) is 11.3. The minimum absolute atomic E-state index is 0.476. The number of hydrogen-bond donors (Lipinski definition) is 1. The molecule has 0 bridgehead atoms. The molecule has 17 heavy (non-hydrogen) atoms. The van der Waals surface area contributed by atoms with Crippen molar-refractivity contribution in [2.75, 3.05) is 0 Å². The van der Waals surface area contributed by atoms with Crippen molar-refractivity contribution in [1.82, 2.24) is 9.78 Å². The fraction of sp³-hybridized carbons (Fsp3) is 0.308. The van der Waals surface area contributed by atoms with Gasteiger partial charge in [-0.1, -0.05) is 17.7 Å². The zero-order valence-electron chi connectivity index (χ0n) is 10.3. The van der Waals surface area contributed by atoms with Crippen molar-refractivity contribution in [2.45, 2.75) is 20.4 Å². The Morgan fingerprint density at radius 3 is 2.59 bits per heavy atom. The Morgan fingerprint density at radius 1 is 1.35 bits per heavy atom. The van der Waals surface area contributed by atoms with Gasteiger partial charge in [-0.25, -0.2) is 0 Å². The molecule has 0 saturated heterocycles. The van der Waals surface area contributed by atoms with Gasteiger partial charge in [-0.2, -0.15) is 5.10 Å². The molecule has 3 nitrogen and oxygen atoms in total. The fourth-order valence-corrected chi connectivity index (χ4v) is 2.33. The van der Waals surface area contributed by atoms with E-state index in [1.807, 2.05) is 36.9 Å². The molecule has 0 fully saturated rings. The van der Waals surface area contributed by atoms with Crippen molar-refractivity contribution in [2.24, 2.45) is 12.8 Å². The lowest BCUT2D eigenvalue weighted by atomic mass is 9.98. The van der Waals surface area contributed by atoms with E-state index in [1.165, 1.54) is 0 Å². The Bertz CT molecular complexity index is 558. The van der Waals surface area contributed by atoms with Crippen LogP contribution in [0.5, 0.6) is 0 Å². The summed E-state index contributed by atoms with van der Waals surface area (Å²) in [5, 5.41) is 5.14. The average molecular weight is 250 g/mol. The molecular weight excluding hydrogens is 234 g/mol. The van der Waals surface area contributed by atoms with Crippen molar-refractivity contribution in [3.63, 3.8) is 0 Å². The molecule has 0 aliphatic heterocycles. The first kappa shape index (κ1) is 12.1. The van der Waals surface area contributed by atoms with Gasteiger partial charge in [-0.05, 0) is 37.1 Å². The summed E-state index contributed by atoms with van der Waals surface area (Å²) in [6.07, 6.45) is 0. The van der Waals surface area contributed by atoms with Crippen LogP contribution in [-0.4, -0.2) is 9.78 Å². The molecule has 0 radical (unpaired) electrons. The second kappa shape index (κ2) is 4.51. The van der Waals surface area contributed by atoms with Gasteiger partial charge in [0.25, 0.3) is 0 Å². The Morgan fingerprint density at radius 2 is 2.06 bits per heavy atom. The normalized spacial score (nSPS) is 10.9. The summed E-state index contributed by atoms with van der Waals surface area (Å²) in [4.78, 5) is 0. The smallest absolute Gasteiger partial charge is 0.0674 e. The number of nitrogens with two attached hydrogens (primary N) is 1. The molecule has 2 aromatic rings. The van der Waals surface area contributed by atoms with Crippen LogP contribution < -0.4 is 5.73 Å². The van der Waals surface area contributed by atoms with E-state index in [0.29, 0.717) is 11.6 Å². The third-order valence-corrected chi connectivity index (χ3v) is 3.30. The van der Waals surface area contributed by atoms with E-state index in [4.69, 9.17) is 17.3 Å². The van der Waals surface area contributed by atoms with Crippen LogP contribution in [0.4, 0.5) is 0 Å². The minimum atomic E-state index is 0.476. The fourth-order valence-electron chi connectivity index (χ4n) is 2.14. The van der Waals surface area contributed by atoms with Gasteiger partial charge < -0.3 is 5.73 Å². The maximum Gasteiger partial charge on any atom is 0.0674 e. The Balaban J connectivity index is 2.68. The molecule has 1 heterocycles. The molecule has 4 heteroatoms. The Hall–Kier alpha value is -1.32. The van der Waals surface area contributed by atoms with Crippen molar-refractivity contribution < 1.29 is 0 Å². The molecule has 0 aliphatic carbocycles. The van der Waals surface area contributed by atoms with Crippen LogP contribution in [0.25, 0.3) is 11.1 Å². The summed E-state index contributed by atoms with van der Waals surface area (Å²) in [5.74, 6) is 0. The van der Waals surface area contributed by atoms with Crippen LogP contribution in [-0.2, 0) is 13.6 Å². The zero-order chi connectivity index (χ0) is 12.6. The number of aryl methyl sites for hydroxylation is 2. The predicted octanol–water partition coefficient (Wildman–Crippen LogP) is 2.82. The summed E-state index contributed by atoms with van der Waals surface area (Å²) in [6, 6.07) is 5.83. The summed E-state index contributed by atoms with van der Waals surface area (Å²) < 4.78 is 1.89. The van der Waals surface area contributed by atoms with E-state index < -0.39 is 0 Å². The molecule has 90 valence electrons. The summed E-state index contributed by atoms with van der Waals surface area (Å²) in [6.45, 7) is 4.55. The van der Waals surface area contributed by atoms with Gasteiger partial charge in [0.1, 0.15) is 0 Å². The van der Waals surface area contributed by atoms with E-state index >= 15 is 0 Å². The third-order valence-electron chi connectivity index (χ3n) is 3.07. The van der Waals surface area contributed by atoms with Gasteiger partial charge in [-0.3, -0.25) is 4.68 Å². The lowest BCUT2D eigenvalue weighted by Gasteiger charge is -2.09. The van der Waals surface area contributed by atoms with Gasteiger partial charge in [-0.15, -0.1) is 0 Å². The van der Waals surface area contributed by atoms with Gasteiger partial charge in [0.05, 0.1) is 5.69 Å². The van der Waals surface area contributed by atoms with Crippen LogP contribution >= 0.6 is 11.6 Å². The highest BCUT2D eigenvalue weighted by atomic mass is 35.5. The average Bonchev–Trinajstić information content (AvgIpc) is 2.54. The first-order valence-electron chi connectivity index (χ1n) is 5.53. The van der Waals surface area contributed by atoms with E-state index in [2.05, 4.69) is 12.0 Å². The van der Waals surface area contributed by atoms with Gasteiger partial charge in [0.2, 0.25) is 0 Å². The van der Waals surface area contributed by atoms with E-state index in [1.54, 1.807) is 0 Å². The molecule has 0 spiro atoms. The largest absolute Gasteiger partial charge is 0.326 e. The zero-order valence-corrected chi connectivity index (χ0v) is 11.0. The Kier molecular flexibility index (Phi) is 3.22. The summed E-state index contributed by atoms with van der Waals surface area (Å²) in [7, 11) is 1.95. The predicted molar refractivity (Wildman–Crippen MR) is 71.0 cm³/mol. The second-order valence-corrected chi connectivity index (χ2v) is 4.61. The molecule has 0 aliphatic rings. The van der Waals surface area contributed by atoms with Crippen molar-refractivity contribution >= 4 is 11.6 Å². The number of halogens is 1. The van der Waals surface area contributed by atoms with Crippen molar-refractivity contribution in [1.29, 1.82) is 0 Å². The van der Waals surface area contributed by atoms with Crippen LogP contribution in [0.1, 0.15) is 17.0 Å². The molecule has 0 saturated carbocycles. The summed E-state index contributed by atoms with van der Waals surface area (Å²) >= 11 is 5.99. The maximum atomic E-state index is 5.99. The standard InChI is InChI=1S/C13H16ClN3/c1-8-13(9(2)17(3)16-8)12-5-4-11(14)6-10(12)7-15/h4-6H,7,15H2,1-3H3. The SMILES string of the molecule is Cc1nn(C)c(C)c1-c1ccc(Cl)cc1CN. The second-order valence-electron chi connectivity index (χ2n) is 4.18. The van der Waals surface area contributed by atoms with Crippen LogP contribution in [0.2, 0.25) is 5.02 Å². The number of nitrogens with zero attached hydrogens (tertiary/aromatic N) is 2. The number of aromatic nitrogens is 2. The van der Waals surface area contributed by atoms with Gasteiger partial charge >= 0.3 is 0 Å². The topological polar surface area (TPSA) is 43.8 Å². The molecule has 0 amide bonds. The van der Waals surface area contributed by atoms with E-state index in [9.17, 15) is 0 Å². The maximum absolute atomic E-state index is 5.99. The lowest BCUT2D eigenvalue weighted by Crippen LogP contribution is -2.00. The first-order chi connectivity index (χ1) is 8.04. The molecule has 1 aromatic heterocycles. The molecule has 0 atom stereocenters. The number of benzene rings is 1. The highest BCUT2D eigenvalue weighted by Gasteiger charge is 2.14. The quantitative estimate of drug-likeness (QED) is 0.890. The van der Waals surface area contributed by atoms with Crippen molar-refractivity contribution in [3.8, 4) is 11.1 Å². The molecule has 2 rings (SSSR count). The van der Waals surface area contributed by atoms with E-state index in [-0.39, 0.29) is 0 Å². The molecule has 2 N–H and O–H groups in total. The third kappa shape index (κ3) is 2.08. The monoisotopic (exact) mass is 249 g/mol.